The van der Waals surface area contributed by atoms with E-state index in [2.05, 4.69) is 20.2 Å². The maximum atomic E-state index is 15.1. The summed E-state index contributed by atoms with van der Waals surface area (Å²) in [7, 11) is 0. The van der Waals surface area contributed by atoms with Gasteiger partial charge in [-0.15, -0.1) is 0 Å². The first kappa shape index (κ1) is 24.5. The number of halogens is 1. The third-order valence-corrected chi connectivity index (χ3v) is 6.69. The third kappa shape index (κ3) is 5.52. The first-order chi connectivity index (χ1) is 16.2. The summed E-state index contributed by atoms with van der Waals surface area (Å²) in [6.45, 7) is 6.10. The summed E-state index contributed by atoms with van der Waals surface area (Å²) in [5.74, 6) is -1.90. The van der Waals surface area contributed by atoms with Gasteiger partial charge in [-0.1, -0.05) is 6.07 Å². The molecule has 4 rings (SSSR count). The van der Waals surface area contributed by atoms with Crippen LogP contribution in [0.2, 0.25) is 0 Å². The Hall–Kier alpha value is -2.66. The Kier molecular flexibility index (Phi) is 7.42. The van der Waals surface area contributed by atoms with Crippen molar-refractivity contribution >= 4 is 17.4 Å². The first-order valence-electron chi connectivity index (χ1n) is 11.8. The summed E-state index contributed by atoms with van der Waals surface area (Å²) in [5, 5.41) is 24.4. The smallest absolute Gasteiger partial charge is 0.274 e. The van der Waals surface area contributed by atoms with Gasteiger partial charge in [-0.3, -0.25) is 14.7 Å². The summed E-state index contributed by atoms with van der Waals surface area (Å²) in [4.78, 5) is 26.6. The molecule has 9 nitrogen and oxygen atoms in total. The molecule has 10 heteroatoms. The molecule has 2 aliphatic rings. The van der Waals surface area contributed by atoms with Gasteiger partial charge < -0.3 is 20.4 Å². The van der Waals surface area contributed by atoms with E-state index < -0.39 is 18.1 Å². The molecule has 0 aliphatic carbocycles. The van der Waals surface area contributed by atoms with Crippen molar-refractivity contribution in [1.82, 2.24) is 19.8 Å². The molecule has 2 unspecified atom stereocenters. The molecule has 34 heavy (non-hydrogen) atoms. The highest BCUT2D eigenvalue weighted by molar-refractivity contribution is 6.03. The summed E-state index contributed by atoms with van der Waals surface area (Å²) >= 11 is 0. The van der Waals surface area contributed by atoms with Gasteiger partial charge in [0.1, 0.15) is 17.7 Å². The van der Waals surface area contributed by atoms with Gasteiger partial charge in [0.05, 0.1) is 0 Å². The number of pyridine rings is 2. The van der Waals surface area contributed by atoms with E-state index in [9.17, 15) is 15.0 Å². The molecule has 0 spiro atoms. The van der Waals surface area contributed by atoms with E-state index in [0.29, 0.717) is 31.0 Å². The molecule has 0 saturated carbocycles. The highest BCUT2D eigenvalue weighted by atomic mass is 19.1. The van der Waals surface area contributed by atoms with Crippen LogP contribution in [-0.2, 0) is 0 Å². The van der Waals surface area contributed by atoms with Gasteiger partial charge in [-0.25, -0.2) is 14.3 Å². The van der Waals surface area contributed by atoms with Crippen LogP contribution in [0.5, 0.6) is 0 Å². The molecule has 1 amide bonds. The molecule has 184 valence electrons. The van der Waals surface area contributed by atoms with Crippen molar-refractivity contribution in [3.8, 4) is 0 Å². The fourth-order valence-electron chi connectivity index (χ4n) is 4.70. The number of nitrogens with one attached hydrogen (secondary N) is 1. The number of aliphatic hydroxyl groups is 2. The number of carbonyl (C=O) groups is 1. The maximum absolute atomic E-state index is 15.1. The van der Waals surface area contributed by atoms with E-state index >= 15 is 4.39 Å². The summed E-state index contributed by atoms with van der Waals surface area (Å²) in [5.41, 5.74) is 0.867. The number of hydrogen-bond acceptors (Lipinski definition) is 8. The Bertz CT molecular complexity index is 976. The number of nitrogens with zero attached hydrogens (tertiary/aromatic N) is 5. The van der Waals surface area contributed by atoms with Crippen LogP contribution in [-0.4, -0.2) is 92.8 Å². The van der Waals surface area contributed by atoms with E-state index in [1.807, 2.05) is 18.7 Å². The number of carbonyl (C=O) groups excluding carboxylic acids is 1. The quantitative estimate of drug-likeness (QED) is 0.565. The second-order valence-electron chi connectivity index (χ2n) is 9.24. The molecular formula is C24H33FN6O3. The van der Waals surface area contributed by atoms with Crippen LogP contribution < -0.4 is 10.2 Å². The molecule has 2 atom stereocenters. The van der Waals surface area contributed by atoms with Crippen LogP contribution in [0.3, 0.4) is 0 Å². The van der Waals surface area contributed by atoms with E-state index in [0.717, 1.165) is 6.54 Å². The minimum absolute atomic E-state index is 0.0131. The number of alkyl halides is 1. The maximum Gasteiger partial charge on any atom is 0.274 e. The van der Waals surface area contributed by atoms with Crippen molar-refractivity contribution in [2.45, 2.75) is 50.9 Å². The number of anilines is 2. The summed E-state index contributed by atoms with van der Waals surface area (Å²) in [6.07, 6.45) is 2.56. The van der Waals surface area contributed by atoms with Gasteiger partial charge >= 0.3 is 0 Å². The predicted molar refractivity (Wildman–Crippen MR) is 127 cm³/mol. The molecule has 4 heterocycles. The molecule has 2 aromatic rings. The number of likely N-dealkylation sites (tertiary alicyclic amines) is 1. The number of aromatic nitrogens is 2. The van der Waals surface area contributed by atoms with Gasteiger partial charge in [0.15, 0.2) is 0 Å². The van der Waals surface area contributed by atoms with Crippen LogP contribution in [0, 0.1) is 0 Å². The molecule has 0 radical (unpaired) electrons. The van der Waals surface area contributed by atoms with Crippen molar-refractivity contribution < 1.29 is 19.4 Å². The minimum atomic E-state index is -2.11. The van der Waals surface area contributed by atoms with Crippen LogP contribution in [0.1, 0.15) is 37.2 Å². The largest absolute Gasteiger partial charge is 0.355 e. The Morgan fingerprint density at radius 2 is 1.91 bits per heavy atom. The molecule has 3 N–H and O–H groups in total. The van der Waals surface area contributed by atoms with Crippen molar-refractivity contribution in [2.75, 3.05) is 42.9 Å². The zero-order valence-electron chi connectivity index (χ0n) is 19.6. The van der Waals surface area contributed by atoms with Gasteiger partial charge in [0.2, 0.25) is 5.91 Å². The Morgan fingerprint density at radius 1 is 1.15 bits per heavy atom. The van der Waals surface area contributed by atoms with E-state index in [4.69, 9.17) is 0 Å². The standard InChI is InChI=1S/C24H33FN6O3/c1-17(2)30-12-8-21(19(25)16-30)31-15-14-29(13-9-24(31,33)34)22-5-3-4-20(28-22)23(32)27-18-6-10-26-11-7-18/h3-7,10-11,17,19,21,33-34H,8-9,12-16H2,1-2H3,(H,26,27,32). The van der Waals surface area contributed by atoms with Crippen LogP contribution in [0.25, 0.3) is 0 Å². The van der Waals surface area contributed by atoms with Crippen molar-refractivity contribution in [1.29, 1.82) is 0 Å². The molecule has 2 fully saturated rings. The second kappa shape index (κ2) is 10.3. The number of rotatable bonds is 5. The normalized spacial score (nSPS) is 24.1. The molecule has 0 bridgehead atoms. The monoisotopic (exact) mass is 472 g/mol. The topological polar surface area (TPSA) is 105 Å². The SMILES string of the molecule is CC(C)N1CCC(N2CCN(c3cccc(C(=O)Nc4ccncc4)n3)CCC2(O)O)C(F)C1. The molecule has 0 aromatic carbocycles. The lowest BCUT2D eigenvalue weighted by atomic mass is 9.99. The Balaban J connectivity index is 1.45. The van der Waals surface area contributed by atoms with E-state index in [-0.39, 0.29) is 37.2 Å². The lowest BCUT2D eigenvalue weighted by molar-refractivity contribution is -0.281. The van der Waals surface area contributed by atoms with Crippen molar-refractivity contribution in [2.24, 2.45) is 0 Å². The number of piperidine rings is 1. The van der Waals surface area contributed by atoms with Crippen molar-refractivity contribution in [3.63, 3.8) is 0 Å². The number of hydrogen-bond donors (Lipinski definition) is 3. The fraction of sp³-hybridized carbons (Fsp3) is 0.542. The second-order valence-corrected chi connectivity index (χ2v) is 9.24. The lowest BCUT2D eigenvalue weighted by Gasteiger charge is -2.45. The van der Waals surface area contributed by atoms with E-state index in [1.54, 1.807) is 42.7 Å². The van der Waals surface area contributed by atoms with Gasteiger partial charge in [-0.2, -0.15) is 0 Å². The lowest BCUT2D eigenvalue weighted by Crippen LogP contribution is -2.61. The Labute approximate surface area is 199 Å². The van der Waals surface area contributed by atoms with Crippen LogP contribution >= 0.6 is 0 Å². The average molecular weight is 473 g/mol. The zero-order valence-corrected chi connectivity index (χ0v) is 19.6. The minimum Gasteiger partial charge on any atom is -0.355 e. The van der Waals surface area contributed by atoms with Crippen molar-refractivity contribution in [3.05, 3.63) is 48.4 Å². The summed E-state index contributed by atoms with van der Waals surface area (Å²) in [6, 6.07) is 8.23. The van der Waals surface area contributed by atoms with Gasteiger partial charge in [0, 0.05) is 69.3 Å². The highest BCUT2D eigenvalue weighted by Crippen LogP contribution is 2.29. The zero-order chi connectivity index (χ0) is 24.3. The summed E-state index contributed by atoms with van der Waals surface area (Å²) < 4.78 is 15.1. The van der Waals surface area contributed by atoms with Gasteiger partial charge in [-0.05, 0) is 44.5 Å². The average Bonchev–Trinajstić information content (AvgIpc) is 2.97. The number of amides is 1. The Morgan fingerprint density at radius 3 is 2.62 bits per heavy atom. The van der Waals surface area contributed by atoms with Crippen LogP contribution in [0.15, 0.2) is 42.7 Å². The highest BCUT2D eigenvalue weighted by Gasteiger charge is 2.44. The molecule has 2 aromatic heterocycles. The van der Waals surface area contributed by atoms with Gasteiger partial charge in [0.25, 0.3) is 5.91 Å². The fourth-order valence-corrected chi connectivity index (χ4v) is 4.70. The predicted octanol–water partition coefficient (Wildman–Crippen LogP) is 1.70. The first-order valence-corrected chi connectivity index (χ1v) is 11.8. The third-order valence-electron chi connectivity index (χ3n) is 6.69. The van der Waals surface area contributed by atoms with Crippen LogP contribution in [0.4, 0.5) is 15.9 Å². The van der Waals surface area contributed by atoms with E-state index in [1.165, 1.54) is 4.90 Å². The molecule has 2 aliphatic heterocycles. The molecule has 2 saturated heterocycles. The molecular weight excluding hydrogens is 439 g/mol.